The van der Waals surface area contributed by atoms with Crippen molar-refractivity contribution in [1.29, 1.82) is 0 Å². The normalized spacial score (nSPS) is 16.5. The second-order valence-electron chi connectivity index (χ2n) is 7.35. The Hall–Kier alpha value is -2.79. The lowest BCUT2D eigenvalue weighted by atomic mass is 9.90. The fourth-order valence-corrected chi connectivity index (χ4v) is 2.97. The highest BCUT2D eigenvalue weighted by Crippen LogP contribution is 2.35. The van der Waals surface area contributed by atoms with Gasteiger partial charge in [0.2, 0.25) is 5.82 Å². The number of pyridine rings is 1. The van der Waals surface area contributed by atoms with Gasteiger partial charge in [-0.2, -0.15) is 8.78 Å². The minimum Gasteiger partial charge on any atom is -0.406 e. The number of aromatic nitrogens is 3. The molecule has 6 nitrogen and oxygen atoms in total. The highest BCUT2D eigenvalue weighted by Gasteiger charge is 2.43. The van der Waals surface area contributed by atoms with E-state index >= 15 is 0 Å². The standard InChI is InChI=1S/C19H16F5N3O3/c1-17(9-28-10-17)11-29-18(20,21)16-26-25-15-7-4-13(8-27(15)16)12-2-5-14(6-3-12)30-19(22,23)24/h2-8H,9-11H2,1H3. The molecular weight excluding hydrogens is 413 g/mol. The summed E-state index contributed by atoms with van der Waals surface area (Å²) in [7, 11) is 0. The quantitative estimate of drug-likeness (QED) is 0.544. The third-order valence-corrected chi connectivity index (χ3v) is 4.59. The van der Waals surface area contributed by atoms with E-state index in [0.717, 1.165) is 16.5 Å². The van der Waals surface area contributed by atoms with E-state index in [0.29, 0.717) is 24.3 Å². The van der Waals surface area contributed by atoms with Gasteiger partial charge in [0.05, 0.1) is 19.8 Å². The van der Waals surface area contributed by atoms with Crippen LogP contribution in [0.4, 0.5) is 22.0 Å². The van der Waals surface area contributed by atoms with Crippen LogP contribution in [0.2, 0.25) is 0 Å². The Morgan fingerprint density at radius 2 is 1.67 bits per heavy atom. The molecule has 1 aliphatic rings. The predicted octanol–water partition coefficient (Wildman–Crippen LogP) is 4.40. The van der Waals surface area contributed by atoms with Gasteiger partial charge in [0.15, 0.2) is 5.65 Å². The summed E-state index contributed by atoms with van der Waals surface area (Å²) in [6.07, 6.45) is -7.12. The van der Waals surface area contributed by atoms with Crippen molar-refractivity contribution in [1.82, 2.24) is 14.6 Å². The Balaban J connectivity index is 1.59. The predicted molar refractivity (Wildman–Crippen MR) is 93.9 cm³/mol. The van der Waals surface area contributed by atoms with E-state index in [-0.39, 0.29) is 18.0 Å². The number of ether oxygens (including phenoxy) is 3. The summed E-state index contributed by atoms with van der Waals surface area (Å²) in [5.74, 6) is -1.08. The number of hydrogen-bond acceptors (Lipinski definition) is 5. The molecule has 0 atom stereocenters. The molecule has 4 rings (SSSR count). The van der Waals surface area contributed by atoms with Crippen LogP contribution in [0.25, 0.3) is 16.8 Å². The van der Waals surface area contributed by atoms with Gasteiger partial charge in [0.1, 0.15) is 5.75 Å². The molecule has 0 aliphatic carbocycles. The van der Waals surface area contributed by atoms with E-state index in [1.54, 1.807) is 13.0 Å². The number of rotatable bonds is 6. The van der Waals surface area contributed by atoms with Gasteiger partial charge >= 0.3 is 12.5 Å². The third-order valence-electron chi connectivity index (χ3n) is 4.59. The molecular formula is C19H16F5N3O3. The Morgan fingerprint density at radius 1 is 1.00 bits per heavy atom. The summed E-state index contributed by atoms with van der Waals surface area (Å²) >= 11 is 0. The van der Waals surface area contributed by atoms with Gasteiger partial charge in [-0.15, -0.1) is 23.4 Å². The minimum atomic E-state index is -4.80. The van der Waals surface area contributed by atoms with E-state index in [2.05, 4.69) is 14.9 Å². The smallest absolute Gasteiger partial charge is 0.406 e. The molecule has 1 fully saturated rings. The number of halogens is 5. The van der Waals surface area contributed by atoms with Crippen molar-refractivity contribution in [2.45, 2.75) is 19.4 Å². The fraction of sp³-hybridized carbons (Fsp3) is 0.368. The van der Waals surface area contributed by atoms with Crippen LogP contribution >= 0.6 is 0 Å². The van der Waals surface area contributed by atoms with E-state index in [9.17, 15) is 22.0 Å². The highest BCUT2D eigenvalue weighted by molar-refractivity contribution is 5.65. The molecule has 0 amide bonds. The summed E-state index contributed by atoms with van der Waals surface area (Å²) in [4.78, 5) is 0. The molecule has 1 saturated heterocycles. The zero-order valence-corrected chi connectivity index (χ0v) is 15.6. The Labute approximate surface area is 167 Å². The first kappa shape index (κ1) is 20.5. The van der Waals surface area contributed by atoms with Crippen LogP contribution in [0.1, 0.15) is 12.7 Å². The molecule has 30 heavy (non-hydrogen) atoms. The van der Waals surface area contributed by atoms with Gasteiger partial charge in [0.25, 0.3) is 0 Å². The lowest BCUT2D eigenvalue weighted by molar-refractivity contribution is -0.284. The van der Waals surface area contributed by atoms with E-state index in [1.807, 2.05) is 0 Å². The maximum atomic E-state index is 14.6. The lowest BCUT2D eigenvalue weighted by Gasteiger charge is -2.38. The summed E-state index contributed by atoms with van der Waals surface area (Å²) in [5.41, 5.74) is 0.661. The Morgan fingerprint density at radius 3 is 2.27 bits per heavy atom. The molecule has 0 saturated carbocycles. The van der Waals surface area contributed by atoms with Crippen LogP contribution in [0.5, 0.6) is 5.75 Å². The number of fused-ring (bicyclic) bond motifs is 1. The van der Waals surface area contributed by atoms with Crippen molar-refractivity contribution in [3.63, 3.8) is 0 Å². The van der Waals surface area contributed by atoms with Gasteiger partial charge in [-0.05, 0) is 35.4 Å². The highest BCUT2D eigenvalue weighted by atomic mass is 19.4. The maximum Gasteiger partial charge on any atom is 0.573 e. The Bertz CT molecular complexity index is 1050. The molecule has 3 heterocycles. The summed E-state index contributed by atoms with van der Waals surface area (Å²) in [5, 5.41) is 7.30. The second kappa shape index (κ2) is 7.17. The van der Waals surface area contributed by atoms with Crippen molar-refractivity contribution < 1.29 is 36.2 Å². The van der Waals surface area contributed by atoms with Crippen molar-refractivity contribution in [3.05, 3.63) is 48.4 Å². The monoisotopic (exact) mass is 429 g/mol. The largest absolute Gasteiger partial charge is 0.573 e. The van der Waals surface area contributed by atoms with Crippen LogP contribution < -0.4 is 4.74 Å². The first-order valence-corrected chi connectivity index (χ1v) is 8.86. The molecule has 2 aromatic heterocycles. The van der Waals surface area contributed by atoms with Crippen molar-refractivity contribution in [2.24, 2.45) is 5.41 Å². The van der Waals surface area contributed by atoms with Crippen LogP contribution in [0, 0.1) is 5.41 Å². The SMILES string of the molecule is CC1(COC(F)(F)c2nnc3ccc(-c4ccc(OC(F)(F)F)cc4)cn23)COC1. The van der Waals surface area contributed by atoms with Gasteiger partial charge in [0, 0.05) is 11.6 Å². The summed E-state index contributed by atoms with van der Waals surface area (Å²) in [6, 6.07) is 8.12. The molecule has 11 heteroatoms. The zero-order valence-electron chi connectivity index (χ0n) is 15.6. The molecule has 0 radical (unpaired) electrons. The topological polar surface area (TPSA) is 57.9 Å². The molecule has 160 valence electrons. The fourth-order valence-electron chi connectivity index (χ4n) is 2.97. The second-order valence-corrected chi connectivity index (χ2v) is 7.35. The van der Waals surface area contributed by atoms with Crippen LogP contribution in [0.3, 0.4) is 0 Å². The minimum absolute atomic E-state index is 0.173. The van der Waals surface area contributed by atoms with Crippen molar-refractivity contribution in [2.75, 3.05) is 19.8 Å². The van der Waals surface area contributed by atoms with Gasteiger partial charge < -0.3 is 14.2 Å². The number of benzene rings is 1. The van der Waals surface area contributed by atoms with Crippen LogP contribution in [-0.4, -0.2) is 40.8 Å². The molecule has 0 N–H and O–H groups in total. The lowest BCUT2D eigenvalue weighted by Crippen LogP contribution is -2.45. The molecule has 0 bridgehead atoms. The van der Waals surface area contributed by atoms with Gasteiger partial charge in [-0.25, -0.2) is 0 Å². The third kappa shape index (κ3) is 4.21. The average Bonchev–Trinajstić information content (AvgIpc) is 3.08. The van der Waals surface area contributed by atoms with Gasteiger partial charge in [-0.3, -0.25) is 4.40 Å². The van der Waals surface area contributed by atoms with E-state index in [1.165, 1.54) is 24.4 Å². The average molecular weight is 429 g/mol. The molecule has 0 unspecified atom stereocenters. The van der Waals surface area contributed by atoms with Crippen LogP contribution in [-0.2, 0) is 15.6 Å². The van der Waals surface area contributed by atoms with Crippen molar-refractivity contribution >= 4 is 5.65 Å². The first-order chi connectivity index (χ1) is 14.0. The van der Waals surface area contributed by atoms with E-state index in [4.69, 9.17) is 9.47 Å². The van der Waals surface area contributed by atoms with Crippen molar-refractivity contribution in [3.8, 4) is 16.9 Å². The van der Waals surface area contributed by atoms with Gasteiger partial charge in [-0.1, -0.05) is 19.1 Å². The van der Waals surface area contributed by atoms with E-state index < -0.39 is 23.7 Å². The number of nitrogens with zero attached hydrogens (tertiary/aromatic N) is 3. The molecule has 1 aromatic carbocycles. The zero-order chi connectivity index (χ0) is 21.6. The van der Waals surface area contributed by atoms with Crippen LogP contribution in [0.15, 0.2) is 42.6 Å². The number of hydrogen-bond donors (Lipinski definition) is 0. The molecule has 0 spiro atoms. The molecule has 1 aliphatic heterocycles. The summed E-state index contributed by atoms with van der Waals surface area (Å²) in [6.45, 7) is 2.23. The molecule has 3 aromatic rings. The Kier molecular flexibility index (Phi) is 4.89. The first-order valence-electron chi connectivity index (χ1n) is 8.86. The maximum absolute atomic E-state index is 14.6. The number of alkyl halides is 5. The summed E-state index contributed by atoms with van der Waals surface area (Å²) < 4.78 is 81.0.